The van der Waals surface area contributed by atoms with Gasteiger partial charge in [-0.05, 0) is 38.3 Å². The minimum Gasteiger partial charge on any atom is -0.409 e. The third-order valence-electron chi connectivity index (χ3n) is 3.47. The molecule has 0 bridgehead atoms. The van der Waals surface area contributed by atoms with Crippen LogP contribution >= 0.6 is 11.6 Å². The number of hydrogen-bond acceptors (Lipinski definition) is 3. The number of benzene rings is 1. The molecule has 1 aromatic carbocycles. The van der Waals surface area contributed by atoms with Crippen LogP contribution in [0, 0.1) is 0 Å². The maximum absolute atomic E-state index is 8.89. The van der Waals surface area contributed by atoms with E-state index in [0.29, 0.717) is 16.6 Å². The van der Waals surface area contributed by atoms with E-state index in [2.05, 4.69) is 17.0 Å². The van der Waals surface area contributed by atoms with Gasteiger partial charge >= 0.3 is 0 Å². The molecule has 1 fully saturated rings. The van der Waals surface area contributed by atoms with Gasteiger partial charge in [0, 0.05) is 18.3 Å². The van der Waals surface area contributed by atoms with Gasteiger partial charge in [0.2, 0.25) is 0 Å². The zero-order chi connectivity index (χ0) is 13.1. The highest BCUT2D eigenvalue weighted by atomic mass is 35.5. The van der Waals surface area contributed by atoms with Crippen molar-refractivity contribution in [1.82, 2.24) is 0 Å². The molecule has 1 aliphatic rings. The number of oxime groups is 1. The van der Waals surface area contributed by atoms with Crippen molar-refractivity contribution in [2.24, 2.45) is 10.9 Å². The second kappa shape index (κ2) is 5.48. The molecule has 1 unspecified atom stereocenters. The van der Waals surface area contributed by atoms with Crippen LogP contribution in [0.5, 0.6) is 0 Å². The molecular weight excluding hydrogens is 250 g/mol. The van der Waals surface area contributed by atoms with E-state index in [9.17, 15) is 0 Å². The third-order valence-corrected chi connectivity index (χ3v) is 3.78. The van der Waals surface area contributed by atoms with Gasteiger partial charge in [-0.25, -0.2) is 0 Å². The van der Waals surface area contributed by atoms with Crippen molar-refractivity contribution in [1.29, 1.82) is 0 Å². The van der Waals surface area contributed by atoms with Crippen molar-refractivity contribution < 1.29 is 5.21 Å². The van der Waals surface area contributed by atoms with E-state index >= 15 is 0 Å². The number of anilines is 1. The van der Waals surface area contributed by atoms with E-state index in [4.69, 9.17) is 22.5 Å². The third kappa shape index (κ3) is 2.38. The van der Waals surface area contributed by atoms with Crippen LogP contribution in [-0.2, 0) is 0 Å². The lowest BCUT2D eigenvalue weighted by Crippen LogP contribution is -2.38. The Balaban J connectivity index is 2.46. The van der Waals surface area contributed by atoms with Crippen LogP contribution in [0.2, 0.25) is 5.02 Å². The number of piperidine rings is 1. The van der Waals surface area contributed by atoms with Crippen LogP contribution in [0.25, 0.3) is 0 Å². The van der Waals surface area contributed by atoms with Crippen molar-refractivity contribution in [2.45, 2.75) is 32.2 Å². The Morgan fingerprint density at radius 3 is 2.94 bits per heavy atom. The largest absolute Gasteiger partial charge is 0.409 e. The molecule has 0 spiro atoms. The molecule has 0 amide bonds. The average Bonchev–Trinajstić information content (AvgIpc) is 2.38. The predicted octanol–water partition coefficient (Wildman–Crippen LogP) is 2.81. The molecule has 0 saturated carbocycles. The lowest BCUT2D eigenvalue weighted by molar-refractivity contribution is 0.318. The van der Waals surface area contributed by atoms with Crippen LogP contribution in [-0.4, -0.2) is 23.6 Å². The summed E-state index contributed by atoms with van der Waals surface area (Å²) in [6, 6.07) is 6.07. The SMILES string of the molecule is CC1CCCCN1c1cccc(Cl)c1/C(N)=N/O. The maximum atomic E-state index is 8.89. The van der Waals surface area contributed by atoms with Crippen molar-refractivity contribution in [2.75, 3.05) is 11.4 Å². The van der Waals surface area contributed by atoms with Gasteiger partial charge in [-0.15, -0.1) is 0 Å². The molecule has 4 nitrogen and oxygen atoms in total. The van der Waals surface area contributed by atoms with Gasteiger partial charge in [-0.3, -0.25) is 0 Å². The van der Waals surface area contributed by atoms with Gasteiger partial charge in [0.05, 0.1) is 10.6 Å². The Bertz CT molecular complexity index is 462. The first-order valence-electron chi connectivity index (χ1n) is 6.18. The summed E-state index contributed by atoms with van der Waals surface area (Å²) in [5, 5.41) is 12.5. The van der Waals surface area contributed by atoms with Crippen molar-refractivity contribution >= 4 is 23.1 Å². The molecule has 0 aliphatic carbocycles. The Kier molecular flexibility index (Phi) is 3.97. The number of nitrogens with zero attached hydrogens (tertiary/aromatic N) is 2. The Morgan fingerprint density at radius 1 is 1.50 bits per heavy atom. The number of amidine groups is 1. The van der Waals surface area contributed by atoms with E-state index in [1.165, 1.54) is 6.42 Å². The second-order valence-corrected chi connectivity index (χ2v) is 5.06. The van der Waals surface area contributed by atoms with Gasteiger partial charge in [-0.2, -0.15) is 0 Å². The quantitative estimate of drug-likeness (QED) is 0.375. The Labute approximate surface area is 112 Å². The fourth-order valence-electron chi connectivity index (χ4n) is 2.51. The number of hydrogen-bond donors (Lipinski definition) is 2. The molecule has 98 valence electrons. The van der Waals surface area contributed by atoms with Gasteiger partial charge in [0.15, 0.2) is 5.84 Å². The van der Waals surface area contributed by atoms with E-state index in [-0.39, 0.29) is 5.84 Å². The molecule has 0 radical (unpaired) electrons. The molecule has 3 N–H and O–H groups in total. The lowest BCUT2D eigenvalue weighted by Gasteiger charge is -2.36. The first-order valence-corrected chi connectivity index (χ1v) is 6.56. The van der Waals surface area contributed by atoms with Crippen molar-refractivity contribution in [3.63, 3.8) is 0 Å². The summed E-state index contributed by atoms with van der Waals surface area (Å²) in [5.41, 5.74) is 7.31. The lowest BCUT2D eigenvalue weighted by atomic mass is 10.0. The topological polar surface area (TPSA) is 61.8 Å². The van der Waals surface area contributed by atoms with Crippen LogP contribution in [0.1, 0.15) is 31.7 Å². The number of rotatable bonds is 2. The second-order valence-electron chi connectivity index (χ2n) is 4.66. The van der Waals surface area contributed by atoms with Gasteiger partial charge in [0.25, 0.3) is 0 Å². The molecular formula is C13H18ClN3O. The van der Waals surface area contributed by atoms with Crippen LogP contribution in [0.3, 0.4) is 0 Å². The highest BCUT2D eigenvalue weighted by molar-refractivity contribution is 6.34. The Morgan fingerprint density at radius 2 is 2.28 bits per heavy atom. The summed E-state index contributed by atoms with van der Waals surface area (Å²) in [5.74, 6) is 0.0633. The van der Waals surface area contributed by atoms with E-state index < -0.39 is 0 Å². The van der Waals surface area contributed by atoms with Gasteiger partial charge in [0.1, 0.15) is 0 Å². The summed E-state index contributed by atoms with van der Waals surface area (Å²) < 4.78 is 0. The standard InChI is InChI=1S/C13H18ClN3O/c1-9-5-2-3-8-17(9)11-7-4-6-10(14)12(11)13(15)16-18/h4,6-7,9,18H,2-3,5,8H2,1H3,(H2,15,16). The first-order chi connectivity index (χ1) is 8.65. The summed E-state index contributed by atoms with van der Waals surface area (Å²) in [6.45, 7) is 3.17. The molecule has 1 heterocycles. The fraction of sp³-hybridized carbons (Fsp3) is 0.462. The minimum atomic E-state index is 0.0633. The molecule has 1 aromatic rings. The smallest absolute Gasteiger partial charge is 0.173 e. The summed E-state index contributed by atoms with van der Waals surface area (Å²) >= 11 is 6.17. The fourth-order valence-corrected chi connectivity index (χ4v) is 2.78. The van der Waals surface area contributed by atoms with Crippen LogP contribution < -0.4 is 10.6 Å². The van der Waals surface area contributed by atoms with E-state index in [1.54, 1.807) is 6.07 Å². The highest BCUT2D eigenvalue weighted by Crippen LogP contribution is 2.31. The summed E-state index contributed by atoms with van der Waals surface area (Å²) in [6.07, 6.45) is 3.56. The number of halogens is 1. The summed E-state index contributed by atoms with van der Waals surface area (Å²) in [4.78, 5) is 2.28. The maximum Gasteiger partial charge on any atom is 0.173 e. The molecule has 1 aliphatic heterocycles. The van der Waals surface area contributed by atoms with Crippen LogP contribution in [0.4, 0.5) is 5.69 Å². The first kappa shape index (κ1) is 13.0. The Hall–Kier alpha value is -1.42. The normalized spacial score (nSPS) is 21.1. The molecule has 0 aromatic heterocycles. The van der Waals surface area contributed by atoms with E-state index in [1.807, 2.05) is 12.1 Å². The van der Waals surface area contributed by atoms with Crippen molar-refractivity contribution in [3.05, 3.63) is 28.8 Å². The average molecular weight is 268 g/mol. The van der Waals surface area contributed by atoms with Crippen LogP contribution in [0.15, 0.2) is 23.4 Å². The van der Waals surface area contributed by atoms with Gasteiger partial charge in [-0.1, -0.05) is 22.8 Å². The number of nitrogens with two attached hydrogens (primary N) is 1. The molecule has 5 heteroatoms. The van der Waals surface area contributed by atoms with Crippen molar-refractivity contribution in [3.8, 4) is 0 Å². The predicted molar refractivity (Wildman–Crippen MR) is 74.6 cm³/mol. The minimum absolute atomic E-state index is 0.0633. The van der Waals surface area contributed by atoms with E-state index in [0.717, 1.165) is 25.1 Å². The molecule has 1 atom stereocenters. The zero-order valence-corrected chi connectivity index (χ0v) is 11.2. The zero-order valence-electron chi connectivity index (χ0n) is 10.4. The molecule has 2 rings (SSSR count). The molecule has 1 saturated heterocycles. The molecule has 18 heavy (non-hydrogen) atoms. The van der Waals surface area contributed by atoms with Gasteiger partial charge < -0.3 is 15.8 Å². The highest BCUT2D eigenvalue weighted by Gasteiger charge is 2.23. The monoisotopic (exact) mass is 267 g/mol. The summed E-state index contributed by atoms with van der Waals surface area (Å²) in [7, 11) is 0.